The Bertz CT molecular complexity index is 589. The van der Waals surface area contributed by atoms with Crippen LogP contribution in [-0.2, 0) is 4.74 Å². The van der Waals surface area contributed by atoms with Gasteiger partial charge in [-0.1, -0.05) is 29.5 Å². The lowest BCUT2D eigenvalue weighted by Gasteiger charge is -2.17. The van der Waals surface area contributed by atoms with Gasteiger partial charge in [-0.2, -0.15) is 0 Å². The third-order valence-electron chi connectivity index (χ3n) is 2.52. The van der Waals surface area contributed by atoms with Crippen molar-refractivity contribution in [1.29, 1.82) is 0 Å². The van der Waals surface area contributed by atoms with Gasteiger partial charge >= 0.3 is 6.09 Å². The number of carbonyl (C=O) groups excluding carboxylic acids is 1. The number of carbonyl (C=O) groups is 1. The van der Waals surface area contributed by atoms with Crippen LogP contribution in [0.15, 0.2) is 54.6 Å². The predicted octanol–water partition coefficient (Wildman–Crippen LogP) is 3.44. The molecule has 0 atom stereocenters. The minimum Gasteiger partial charge on any atom is -0.450 e. The van der Waals surface area contributed by atoms with Gasteiger partial charge in [0.25, 0.3) is 0 Å². The molecule has 0 fully saturated rings. The van der Waals surface area contributed by atoms with E-state index in [1.807, 2.05) is 6.07 Å². The largest absolute Gasteiger partial charge is 0.450 e. The number of hydrogen-bond donors (Lipinski definition) is 2. The number of nitrogens with zero attached hydrogens (tertiary/aromatic N) is 1. The minimum atomic E-state index is -0.553. The minimum absolute atomic E-state index is 0.286. The van der Waals surface area contributed by atoms with Crippen LogP contribution in [-0.4, -0.2) is 17.9 Å². The van der Waals surface area contributed by atoms with E-state index in [0.29, 0.717) is 22.4 Å². The Hall–Kier alpha value is -2.73. The highest BCUT2D eigenvalue weighted by Crippen LogP contribution is 2.20. The number of amides is 1. The van der Waals surface area contributed by atoms with E-state index in [0.717, 1.165) is 0 Å². The highest BCUT2D eigenvalue weighted by atomic mass is 16.9. The van der Waals surface area contributed by atoms with Crippen molar-refractivity contribution in [2.75, 3.05) is 17.2 Å². The van der Waals surface area contributed by atoms with Gasteiger partial charge in [-0.15, -0.1) is 0 Å². The Morgan fingerprint density at radius 2 is 1.95 bits per heavy atom. The molecule has 21 heavy (non-hydrogen) atoms. The van der Waals surface area contributed by atoms with Gasteiger partial charge in [0.05, 0.1) is 6.61 Å². The fraction of sp³-hybridized carbons (Fsp3) is 0.133. The van der Waals surface area contributed by atoms with E-state index in [9.17, 15) is 10.0 Å². The number of nitrogens with one attached hydrogen (secondary N) is 1. The Morgan fingerprint density at radius 3 is 2.67 bits per heavy atom. The average molecular weight is 288 g/mol. The SMILES string of the molecule is CCOC(=O)Nc1cccc(N(O)Oc2ccccc2)c1. The molecule has 0 aliphatic carbocycles. The maximum absolute atomic E-state index is 11.3. The zero-order valence-corrected chi connectivity index (χ0v) is 11.5. The molecule has 0 aromatic heterocycles. The van der Waals surface area contributed by atoms with Crippen LogP contribution < -0.4 is 15.4 Å². The van der Waals surface area contributed by atoms with Crippen LogP contribution >= 0.6 is 0 Å². The zero-order chi connectivity index (χ0) is 15.1. The first-order valence-electron chi connectivity index (χ1n) is 6.45. The normalized spacial score (nSPS) is 9.81. The maximum atomic E-state index is 11.3. The third kappa shape index (κ3) is 4.39. The summed E-state index contributed by atoms with van der Waals surface area (Å²) in [4.78, 5) is 16.6. The standard InChI is InChI=1S/C15H16N2O4/c1-2-20-15(18)16-12-7-6-8-13(11-12)17(19)21-14-9-4-3-5-10-14/h3-11,19H,2H2,1H3,(H,16,18). The molecule has 0 unspecified atom stereocenters. The summed E-state index contributed by atoms with van der Waals surface area (Å²) in [5.74, 6) is 0.490. The molecule has 0 heterocycles. The molecule has 0 spiro atoms. The second kappa shape index (κ2) is 7.16. The smallest absolute Gasteiger partial charge is 0.411 e. The zero-order valence-electron chi connectivity index (χ0n) is 11.5. The van der Waals surface area contributed by atoms with E-state index in [1.165, 1.54) is 0 Å². The fourth-order valence-corrected chi connectivity index (χ4v) is 1.62. The summed E-state index contributed by atoms with van der Waals surface area (Å²) in [6.07, 6.45) is -0.553. The molecule has 0 bridgehead atoms. The summed E-state index contributed by atoms with van der Waals surface area (Å²) in [6, 6.07) is 15.4. The van der Waals surface area contributed by atoms with Crippen molar-refractivity contribution in [3.63, 3.8) is 0 Å². The Kier molecular flexibility index (Phi) is 5.00. The van der Waals surface area contributed by atoms with E-state index >= 15 is 0 Å². The lowest BCUT2D eigenvalue weighted by molar-refractivity contribution is 0.0511. The van der Waals surface area contributed by atoms with Crippen LogP contribution in [0, 0.1) is 0 Å². The molecule has 0 aliphatic heterocycles. The molecule has 0 aliphatic rings. The van der Waals surface area contributed by atoms with Gasteiger partial charge in [0.2, 0.25) is 0 Å². The van der Waals surface area contributed by atoms with E-state index in [-0.39, 0.29) is 6.61 Å². The summed E-state index contributed by atoms with van der Waals surface area (Å²) in [5, 5.41) is 13.1. The molecule has 0 saturated heterocycles. The monoisotopic (exact) mass is 288 g/mol. The lowest BCUT2D eigenvalue weighted by atomic mass is 10.3. The summed E-state index contributed by atoms with van der Waals surface area (Å²) in [7, 11) is 0. The molecular weight excluding hydrogens is 272 g/mol. The summed E-state index contributed by atoms with van der Waals surface area (Å²) in [5.41, 5.74) is 0.856. The molecule has 2 aromatic carbocycles. The predicted molar refractivity (Wildman–Crippen MR) is 78.4 cm³/mol. The molecular formula is C15H16N2O4. The van der Waals surface area contributed by atoms with Crippen LogP contribution in [0.25, 0.3) is 0 Å². The first-order valence-corrected chi connectivity index (χ1v) is 6.45. The highest BCUT2D eigenvalue weighted by Gasteiger charge is 2.08. The Balaban J connectivity index is 2.04. The topological polar surface area (TPSA) is 71.0 Å². The fourth-order valence-electron chi connectivity index (χ4n) is 1.62. The van der Waals surface area contributed by atoms with Crippen molar-refractivity contribution in [2.24, 2.45) is 0 Å². The van der Waals surface area contributed by atoms with Crippen molar-refractivity contribution in [3.05, 3.63) is 54.6 Å². The first-order chi connectivity index (χ1) is 10.2. The Morgan fingerprint density at radius 1 is 1.19 bits per heavy atom. The van der Waals surface area contributed by atoms with Crippen LogP contribution in [0.1, 0.15) is 6.92 Å². The molecule has 0 saturated carbocycles. The van der Waals surface area contributed by atoms with Gasteiger partial charge in [0, 0.05) is 5.69 Å². The summed E-state index contributed by atoms with van der Waals surface area (Å²) < 4.78 is 4.78. The number of para-hydroxylation sites is 1. The van der Waals surface area contributed by atoms with Crippen molar-refractivity contribution >= 4 is 17.5 Å². The van der Waals surface area contributed by atoms with Gasteiger partial charge in [0.15, 0.2) is 5.75 Å². The molecule has 2 aromatic rings. The van der Waals surface area contributed by atoms with Gasteiger partial charge in [-0.05, 0) is 37.3 Å². The average Bonchev–Trinajstić information content (AvgIpc) is 2.48. The number of ether oxygens (including phenoxy) is 1. The molecule has 6 nitrogen and oxygen atoms in total. The van der Waals surface area contributed by atoms with Crippen LogP contribution in [0.3, 0.4) is 0 Å². The molecule has 6 heteroatoms. The van der Waals surface area contributed by atoms with Crippen LogP contribution in [0.2, 0.25) is 0 Å². The quantitative estimate of drug-likeness (QED) is 0.825. The van der Waals surface area contributed by atoms with Crippen LogP contribution in [0.4, 0.5) is 16.2 Å². The number of rotatable bonds is 5. The molecule has 0 radical (unpaired) electrons. The van der Waals surface area contributed by atoms with Gasteiger partial charge in [0.1, 0.15) is 5.69 Å². The summed E-state index contributed by atoms with van der Waals surface area (Å²) >= 11 is 0. The van der Waals surface area contributed by atoms with Gasteiger partial charge in [-0.3, -0.25) is 10.5 Å². The van der Waals surface area contributed by atoms with Crippen molar-refractivity contribution in [3.8, 4) is 5.75 Å². The van der Waals surface area contributed by atoms with E-state index in [1.54, 1.807) is 55.5 Å². The lowest BCUT2D eigenvalue weighted by Crippen LogP contribution is -2.22. The number of anilines is 2. The van der Waals surface area contributed by atoms with Crippen molar-refractivity contribution in [2.45, 2.75) is 6.92 Å². The molecule has 1 amide bonds. The third-order valence-corrected chi connectivity index (χ3v) is 2.52. The van der Waals surface area contributed by atoms with E-state index in [4.69, 9.17) is 9.57 Å². The first kappa shape index (κ1) is 14.7. The summed E-state index contributed by atoms with van der Waals surface area (Å²) in [6.45, 7) is 2.01. The molecule has 2 N–H and O–H groups in total. The highest BCUT2D eigenvalue weighted by molar-refractivity contribution is 5.85. The molecule has 110 valence electrons. The van der Waals surface area contributed by atoms with Crippen molar-refractivity contribution < 1.29 is 19.6 Å². The number of benzene rings is 2. The Labute approximate surface area is 122 Å². The second-order valence-electron chi connectivity index (χ2n) is 4.07. The van der Waals surface area contributed by atoms with Crippen LogP contribution in [0.5, 0.6) is 5.75 Å². The maximum Gasteiger partial charge on any atom is 0.411 e. The van der Waals surface area contributed by atoms with E-state index in [2.05, 4.69) is 5.32 Å². The van der Waals surface area contributed by atoms with Crippen molar-refractivity contribution in [1.82, 2.24) is 0 Å². The van der Waals surface area contributed by atoms with Gasteiger partial charge in [-0.25, -0.2) is 4.79 Å². The van der Waals surface area contributed by atoms with E-state index < -0.39 is 6.09 Å². The molecule has 2 rings (SSSR count). The van der Waals surface area contributed by atoms with Gasteiger partial charge < -0.3 is 9.57 Å². The number of hydrogen-bond acceptors (Lipinski definition) is 5. The second-order valence-corrected chi connectivity index (χ2v) is 4.07.